The highest BCUT2D eigenvalue weighted by Gasteiger charge is 2.31. The van der Waals surface area contributed by atoms with Crippen LogP contribution in [0.25, 0.3) is 0 Å². The topological polar surface area (TPSA) is 49.3 Å². The first-order chi connectivity index (χ1) is 7.58. The number of unbranched alkanes of at least 4 members (excludes halogenated alkanes) is 1. The Morgan fingerprint density at radius 3 is 2.50 bits per heavy atom. The summed E-state index contributed by atoms with van der Waals surface area (Å²) >= 11 is 0. The van der Waals surface area contributed by atoms with Crippen LogP contribution in [0.15, 0.2) is 30.3 Å². The fraction of sp³-hybridized carbons (Fsp3) is 0.462. The molecule has 1 aromatic rings. The van der Waals surface area contributed by atoms with Crippen LogP contribution in [0.5, 0.6) is 0 Å². The number of aliphatic carboxylic acids is 1. The molecular weight excluding hydrogens is 202 g/mol. The lowest BCUT2D eigenvalue weighted by molar-refractivity contribution is -0.142. The highest BCUT2D eigenvalue weighted by atomic mass is 16.4. The van der Waals surface area contributed by atoms with Crippen LogP contribution in [0.1, 0.15) is 33.1 Å². The Hall–Kier alpha value is -1.51. The number of benzene rings is 1. The van der Waals surface area contributed by atoms with E-state index in [-0.39, 0.29) is 0 Å². The molecule has 1 rings (SSSR count). The van der Waals surface area contributed by atoms with Gasteiger partial charge in [0.25, 0.3) is 0 Å². The summed E-state index contributed by atoms with van der Waals surface area (Å²) in [5.74, 6) is -0.801. The van der Waals surface area contributed by atoms with E-state index in [1.807, 2.05) is 30.3 Å². The van der Waals surface area contributed by atoms with Crippen LogP contribution in [0, 0.1) is 0 Å². The van der Waals surface area contributed by atoms with Crippen molar-refractivity contribution in [1.29, 1.82) is 0 Å². The highest BCUT2D eigenvalue weighted by molar-refractivity contribution is 5.82. The predicted molar refractivity (Wildman–Crippen MR) is 65.6 cm³/mol. The van der Waals surface area contributed by atoms with Gasteiger partial charge in [0.15, 0.2) is 0 Å². The van der Waals surface area contributed by atoms with E-state index in [0.717, 1.165) is 18.5 Å². The van der Waals surface area contributed by atoms with Gasteiger partial charge in [0.05, 0.1) is 0 Å². The summed E-state index contributed by atoms with van der Waals surface area (Å²) in [5.41, 5.74) is -0.0271. The fourth-order valence-corrected chi connectivity index (χ4v) is 1.59. The van der Waals surface area contributed by atoms with Crippen molar-refractivity contribution in [2.45, 2.75) is 38.6 Å². The maximum atomic E-state index is 11.3. The number of para-hydroxylation sites is 1. The minimum atomic E-state index is -0.878. The molecule has 0 radical (unpaired) electrons. The van der Waals surface area contributed by atoms with Gasteiger partial charge in [-0.2, -0.15) is 0 Å². The second-order valence-corrected chi connectivity index (χ2v) is 4.23. The molecule has 0 fully saturated rings. The molecule has 0 aliphatic carbocycles. The van der Waals surface area contributed by atoms with Crippen molar-refractivity contribution in [2.24, 2.45) is 0 Å². The quantitative estimate of drug-likeness (QED) is 0.776. The SMILES string of the molecule is CCCCC(C)(Nc1ccccc1)C(=O)O. The lowest BCUT2D eigenvalue weighted by Crippen LogP contribution is -2.43. The molecule has 88 valence electrons. The Morgan fingerprint density at radius 2 is 2.00 bits per heavy atom. The van der Waals surface area contributed by atoms with Gasteiger partial charge < -0.3 is 10.4 Å². The molecule has 0 saturated heterocycles. The van der Waals surface area contributed by atoms with Crippen molar-refractivity contribution in [3.05, 3.63) is 30.3 Å². The van der Waals surface area contributed by atoms with Crippen LogP contribution >= 0.6 is 0 Å². The molecule has 0 spiro atoms. The Morgan fingerprint density at radius 1 is 1.38 bits per heavy atom. The molecule has 0 saturated carbocycles. The van der Waals surface area contributed by atoms with E-state index in [0.29, 0.717) is 6.42 Å². The second kappa shape index (κ2) is 5.54. The van der Waals surface area contributed by atoms with Crippen molar-refractivity contribution in [3.63, 3.8) is 0 Å². The van der Waals surface area contributed by atoms with Gasteiger partial charge in [0.1, 0.15) is 5.54 Å². The molecule has 1 unspecified atom stereocenters. The van der Waals surface area contributed by atoms with E-state index in [1.54, 1.807) is 6.92 Å². The van der Waals surface area contributed by atoms with Gasteiger partial charge in [-0.3, -0.25) is 0 Å². The van der Waals surface area contributed by atoms with E-state index >= 15 is 0 Å². The zero-order valence-corrected chi connectivity index (χ0v) is 9.86. The molecule has 3 heteroatoms. The van der Waals surface area contributed by atoms with Crippen LogP contribution in [-0.4, -0.2) is 16.6 Å². The minimum absolute atomic E-state index is 0.633. The largest absolute Gasteiger partial charge is 0.480 e. The lowest BCUT2D eigenvalue weighted by Gasteiger charge is -2.27. The summed E-state index contributed by atoms with van der Waals surface area (Å²) in [7, 11) is 0. The maximum Gasteiger partial charge on any atom is 0.329 e. The van der Waals surface area contributed by atoms with Gasteiger partial charge in [-0.25, -0.2) is 4.79 Å². The number of carboxylic acids is 1. The van der Waals surface area contributed by atoms with Crippen molar-refractivity contribution in [3.8, 4) is 0 Å². The molecule has 0 aliphatic heterocycles. The highest BCUT2D eigenvalue weighted by Crippen LogP contribution is 2.21. The first-order valence-electron chi connectivity index (χ1n) is 5.65. The molecule has 16 heavy (non-hydrogen) atoms. The first kappa shape index (κ1) is 12.6. The zero-order chi connectivity index (χ0) is 12.0. The van der Waals surface area contributed by atoms with Crippen LogP contribution < -0.4 is 5.32 Å². The minimum Gasteiger partial charge on any atom is -0.480 e. The average molecular weight is 221 g/mol. The number of anilines is 1. The van der Waals surface area contributed by atoms with Crippen molar-refractivity contribution < 1.29 is 9.90 Å². The third-order valence-corrected chi connectivity index (χ3v) is 2.70. The third-order valence-electron chi connectivity index (χ3n) is 2.70. The predicted octanol–water partition coefficient (Wildman–Crippen LogP) is 3.13. The number of hydrogen-bond donors (Lipinski definition) is 2. The van der Waals surface area contributed by atoms with E-state index in [4.69, 9.17) is 0 Å². The van der Waals surface area contributed by atoms with Crippen molar-refractivity contribution >= 4 is 11.7 Å². The monoisotopic (exact) mass is 221 g/mol. The normalized spacial score (nSPS) is 14.1. The molecule has 0 aliphatic rings. The standard InChI is InChI=1S/C13H19NO2/c1-3-4-10-13(2,12(15)16)14-11-8-6-5-7-9-11/h5-9,14H,3-4,10H2,1-2H3,(H,15,16). The lowest BCUT2D eigenvalue weighted by atomic mass is 9.94. The van der Waals surface area contributed by atoms with E-state index in [2.05, 4.69) is 12.2 Å². The summed E-state index contributed by atoms with van der Waals surface area (Å²) in [4.78, 5) is 11.3. The van der Waals surface area contributed by atoms with Gasteiger partial charge in [0, 0.05) is 5.69 Å². The van der Waals surface area contributed by atoms with Crippen LogP contribution in [0.2, 0.25) is 0 Å². The smallest absolute Gasteiger partial charge is 0.329 e. The van der Waals surface area contributed by atoms with Gasteiger partial charge >= 0.3 is 5.97 Å². The Balaban J connectivity index is 2.75. The number of nitrogens with one attached hydrogen (secondary N) is 1. The number of carboxylic acid groups (broad SMARTS) is 1. The molecule has 0 aromatic heterocycles. The Kier molecular flexibility index (Phi) is 4.35. The van der Waals surface area contributed by atoms with Crippen molar-refractivity contribution in [1.82, 2.24) is 0 Å². The Labute approximate surface area is 96.5 Å². The summed E-state index contributed by atoms with van der Waals surface area (Å²) < 4.78 is 0. The molecule has 1 aromatic carbocycles. The van der Waals surface area contributed by atoms with E-state index < -0.39 is 11.5 Å². The number of rotatable bonds is 6. The number of carbonyl (C=O) groups is 1. The molecule has 2 N–H and O–H groups in total. The molecule has 0 heterocycles. The van der Waals surface area contributed by atoms with Crippen LogP contribution in [0.3, 0.4) is 0 Å². The zero-order valence-electron chi connectivity index (χ0n) is 9.86. The van der Waals surface area contributed by atoms with Gasteiger partial charge in [-0.05, 0) is 25.5 Å². The summed E-state index contributed by atoms with van der Waals surface area (Å²) in [6, 6.07) is 9.46. The van der Waals surface area contributed by atoms with E-state index in [9.17, 15) is 9.90 Å². The molecular formula is C13H19NO2. The van der Waals surface area contributed by atoms with Crippen LogP contribution in [-0.2, 0) is 4.79 Å². The maximum absolute atomic E-state index is 11.3. The third kappa shape index (κ3) is 3.26. The number of hydrogen-bond acceptors (Lipinski definition) is 2. The molecule has 1 atom stereocenters. The van der Waals surface area contributed by atoms with Gasteiger partial charge in [-0.15, -0.1) is 0 Å². The van der Waals surface area contributed by atoms with Crippen molar-refractivity contribution in [2.75, 3.05) is 5.32 Å². The fourth-order valence-electron chi connectivity index (χ4n) is 1.59. The average Bonchev–Trinajstić information content (AvgIpc) is 2.27. The van der Waals surface area contributed by atoms with Gasteiger partial charge in [0.2, 0.25) is 0 Å². The first-order valence-corrected chi connectivity index (χ1v) is 5.65. The van der Waals surface area contributed by atoms with E-state index in [1.165, 1.54) is 0 Å². The summed E-state index contributed by atoms with van der Waals surface area (Å²) in [6.45, 7) is 3.79. The summed E-state index contributed by atoms with van der Waals surface area (Å²) in [5, 5.41) is 12.3. The molecule has 0 bridgehead atoms. The second-order valence-electron chi connectivity index (χ2n) is 4.23. The molecule has 3 nitrogen and oxygen atoms in total. The molecule has 0 amide bonds. The van der Waals surface area contributed by atoms with Crippen LogP contribution in [0.4, 0.5) is 5.69 Å². The van der Waals surface area contributed by atoms with Gasteiger partial charge in [-0.1, -0.05) is 38.0 Å². The summed E-state index contributed by atoms with van der Waals surface area (Å²) in [6.07, 6.45) is 2.54. The Bertz CT molecular complexity index is 337.